The van der Waals surface area contributed by atoms with Crippen LogP contribution in [0.3, 0.4) is 0 Å². The van der Waals surface area contributed by atoms with Gasteiger partial charge in [-0.15, -0.1) is 0 Å². The van der Waals surface area contributed by atoms with E-state index in [2.05, 4.69) is 35.3 Å². The molecule has 0 saturated heterocycles. The summed E-state index contributed by atoms with van der Waals surface area (Å²) in [5.74, 6) is 6.62. The van der Waals surface area contributed by atoms with Gasteiger partial charge in [0, 0.05) is 0 Å². The molecule has 0 fully saturated rings. The van der Waals surface area contributed by atoms with Crippen molar-refractivity contribution < 1.29 is 0 Å². The molecule has 0 unspecified atom stereocenters. The molecule has 0 aromatic heterocycles. The molecule has 0 spiro atoms. The predicted octanol–water partition coefficient (Wildman–Crippen LogP) is 0.500. The van der Waals surface area contributed by atoms with Gasteiger partial charge in [-0.05, 0) is 0 Å². The number of terminal acetylenes is 1. The molecule has 0 aliphatic rings. The van der Waals surface area contributed by atoms with Crippen molar-refractivity contribution in [1.82, 2.24) is 0 Å². The second-order valence-corrected chi connectivity index (χ2v) is 0.701. The van der Waals surface area contributed by atoms with Crippen molar-refractivity contribution in [3.63, 3.8) is 0 Å². The maximum atomic E-state index is 4.70. The van der Waals surface area contributed by atoms with Crippen molar-refractivity contribution in [2.75, 3.05) is 0 Å². The molecule has 0 bridgehead atoms. The Kier molecular flexibility index (Phi) is 3.52. The van der Waals surface area contributed by atoms with Crippen LogP contribution < -0.4 is 0 Å². The molecular formula is C5HS+. The van der Waals surface area contributed by atoms with Gasteiger partial charge in [0.2, 0.25) is 17.2 Å². The molecule has 0 aromatic rings. The predicted molar refractivity (Wildman–Crippen MR) is 29.2 cm³/mol. The first kappa shape index (κ1) is 5.12. The van der Waals surface area contributed by atoms with E-state index in [1.807, 2.05) is 0 Å². The van der Waals surface area contributed by atoms with Crippen molar-refractivity contribution in [3.8, 4) is 24.2 Å². The second-order valence-electron chi connectivity index (χ2n) is 0.496. The van der Waals surface area contributed by atoms with Crippen LogP contribution in [0.1, 0.15) is 0 Å². The minimum absolute atomic E-state index is 2.08. The Bertz CT molecular complexity index is 128. The molecule has 0 nitrogen and oxygen atoms in total. The standard InChI is InChI=1S/C5HS/c1-2-3-4-5-6/h1H/q+1. The van der Waals surface area contributed by atoms with Crippen LogP contribution in [-0.4, -0.2) is 5.37 Å². The summed E-state index contributed by atoms with van der Waals surface area (Å²) in [4.78, 5) is 0. The molecule has 6 heavy (non-hydrogen) atoms. The minimum Gasteiger partial charge on any atom is -0.0817 e. The lowest BCUT2D eigenvalue weighted by Gasteiger charge is -1.25. The fourth-order valence-corrected chi connectivity index (χ4v) is 0.113. The molecule has 1 heteroatoms. The van der Waals surface area contributed by atoms with E-state index in [-0.39, 0.29) is 0 Å². The quantitative estimate of drug-likeness (QED) is 0.239. The van der Waals surface area contributed by atoms with Crippen LogP contribution in [-0.2, 0) is 0 Å². The molecule has 0 aliphatic heterocycles. The number of thiocarbonyl (C=S) groups is 1. The molecular weight excluding hydrogens is 92.1 g/mol. The summed E-state index contributed by atoms with van der Waals surface area (Å²) < 4.78 is 0. The summed E-state index contributed by atoms with van der Waals surface area (Å²) in [5, 5.41) is 2.15. The lowest BCUT2D eigenvalue weighted by molar-refractivity contribution is 2.57. The Morgan fingerprint density at radius 3 is 2.50 bits per heavy atom. The largest absolute Gasteiger partial charge is 0.249 e. The van der Waals surface area contributed by atoms with E-state index in [0.717, 1.165) is 0 Å². The highest BCUT2D eigenvalue weighted by molar-refractivity contribution is 7.79. The molecule has 0 rings (SSSR count). The average molecular weight is 93.1 g/mol. The smallest absolute Gasteiger partial charge is 0.0817 e. The monoisotopic (exact) mass is 93.0 g/mol. The van der Waals surface area contributed by atoms with E-state index in [4.69, 9.17) is 6.42 Å². The second kappa shape index (κ2) is 4.12. The number of hydrogen-bond donors (Lipinski definition) is 0. The van der Waals surface area contributed by atoms with Crippen molar-refractivity contribution >= 4 is 17.6 Å². The first-order chi connectivity index (χ1) is 2.91. The molecule has 0 aliphatic carbocycles. The van der Waals surface area contributed by atoms with E-state index >= 15 is 0 Å². The van der Waals surface area contributed by atoms with E-state index < -0.39 is 0 Å². The summed E-state index contributed by atoms with van der Waals surface area (Å²) in [6.45, 7) is 0. The third-order valence-electron chi connectivity index (χ3n) is 0.186. The number of hydrogen-bond acceptors (Lipinski definition) is 1. The zero-order valence-corrected chi connectivity index (χ0v) is 3.80. The van der Waals surface area contributed by atoms with Gasteiger partial charge in [0.05, 0.1) is 0 Å². The lowest BCUT2D eigenvalue weighted by Crippen LogP contribution is -1.49. The van der Waals surface area contributed by atoms with E-state index in [1.54, 1.807) is 0 Å². The topological polar surface area (TPSA) is 0 Å². The summed E-state index contributed by atoms with van der Waals surface area (Å²) >= 11 is 4.20. The third kappa shape index (κ3) is 3.12. The van der Waals surface area contributed by atoms with Gasteiger partial charge in [-0.2, -0.15) is 0 Å². The summed E-state index contributed by atoms with van der Waals surface area (Å²) in [7, 11) is 0. The van der Waals surface area contributed by atoms with Gasteiger partial charge in [0.15, 0.2) is 0 Å². The molecule has 0 aromatic carbocycles. The Hall–Kier alpha value is -0.880. The fraction of sp³-hybridized carbons (Fsp3) is 0. The highest BCUT2D eigenvalue weighted by atomic mass is 32.1. The van der Waals surface area contributed by atoms with E-state index in [9.17, 15) is 0 Å². The normalized spacial score (nSPS) is 3.17. The van der Waals surface area contributed by atoms with Gasteiger partial charge in [-0.1, -0.05) is 6.42 Å². The van der Waals surface area contributed by atoms with Crippen LogP contribution >= 0.6 is 12.2 Å². The van der Waals surface area contributed by atoms with Crippen molar-refractivity contribution in [2.45, 2.75) is 0 Å². The van der Waals surface area contributed by atoms with E-state index in [1.165, 1.54) is 0 Å². The van der Waals surface area contributed by atoms with Gasteiger partial charge in [-0.25, -0.2) is 0 Å². The maximum absolute atomic E-state index is 4.70. The van der Waals surface area contributed by atoms with Crippen LogP contribution in [0, 0.1) is 24.2 Å². The number of rotatable bonds is 0. The van der Waals surface area contributed by atoms with Crippen LogP contribution in [0.4, 0.5) is 0 Å². The van der Waals surface area contributed by atoms with Gasteiger partial charge in [-0.3, -0.25) is 0 Å². The van der Waals surface area contributed by atoms with Crippen LogP contribution in [0.2, 0.25) is 0 Å². The summed E-state index contributed by atoms with van der Waals surface area (Å²) in [6, 6.07) is 0. The average Bonchev–Trinajstić information content (AvgIpc) is 1.61. The van der Waals surface area contributed by atoms with Crippen molar-refractivity contribution in [1.29, 1.82) is 0 Å². The van der Waals surface area contributed by atoms with Gasteiger partial charge in [0.25, 0.3) is 0 Å². The minimum atomic E-state index is 2.08. The Morgan fingerprint density at radius 1 is 1.67 bits per heavy atom. The van der Waals surface area contributed by atoms with Crippen LogP contribution in [0.5, 0.6) is 0 Å². The highest BCUT2D eigenvalue weighted by Crippen LogP contribution is 1.45. The zero-order valence-electron chi connectivity index (χ0n) is 2.99. The Morgan fingerprint density at radius 2 is 2.33 bits per heavy atom. The third-order valence-corrected chi connectivity index (χ3v) is 0.288. The zero-order chi connectivity index (χ0) is 4.83. The summed E-state index contributed by atoms with van der Waals surface area (Å²) in [5.41, 5.74) is 0. The molecule has 0 amide bonds. The molecule has 0 heterocycles. The Balaban J connectivity index is 3.50. The van der Waals surface area contributed by atoms with Crippen LogP contribution in [0.15, 0.2) is 0 Å². The first-order valence-corrected chi connectivity index (χ1v) is 1.65. The van der Waals surface area contributed by atoms with E-state index in [0.29, 0.717) is 0 Å². The summed E-state index contributed by atoms with van der Waals surface area (Å²) in [6.07, 6.45) is 4.70. The van der Waals surface area contributed by atoms with Gasteiger partial charge < -0.3 is 0 Å². The fourth-order valence-electron chi connectivity index (χ4n) is 0.0616. The van der Waals surface area contributed by atoms with Crippen molar-refractivity contribution in [3.05, 3.63) is 0 Å². The molecule has 0 radical (unpaired) electrons. The molecule has 0 N–H and O–H groups in total. The van der Waals surface area contributed by atoms with Crippen molar-refractivity contribution in [2.24, 2.45) is 0 Å². The molecule has 0 saturated carbocycles. The maximum Gasteiger partial charge on any atom is 0.249 e. The molecule has 0 atom stereocenters. The van der Waals surface area contributed by atoms with Gasteiger partial charge >= 0.3 is 0 Å². The first-order valence-electron chi connectivity index (χ1n) is 1.24. The van der Waals surface area contributed by atoms with Gasteiger partial charge in [0.1, 0.15) is 18.1 Å². The lowest BCUT2D eigenvalue weighted by atomic mass is 10.6. The van der Waals surface area contributed by atoms with Crippen LogP contribution in [0.25, 0.3) is 0 Å². The SMILES string of the molecule is C#CC#C[C+]=S. The Labute approximate surface area is 42.6 Å². The molecule has 26 valence electrons. The highest BCUT2D eigenvalue weighted by Gasteiger charge is 1.66.